The van der Waals surface area contributed by atoms with Crippen LogP contribution in [0, 0.1) is 5.92 Å². The predicted molar refractivity (Wildman–Crippen MR) is 65.6 cm³/mol. The molecule has 0 aliphatic heterocycles. The molecule has 3 N–H and O–H groups in total. The summed E-state index contributed by atoms with van der Waals surface area (Å²) in [6.45, 7) is 7.34. The number of nitrogens with one attached hydrogen (secondary N) is 1. The fraction of sp³-hybridized carbons (Fsp3) is 0.538. The van der Waals surface area contributed by atoms with Crippen LogP contribution in [-0.2, 0) is 0 Å². The van der Waals surface area contributed by atoms with E-state index in [4.69, 9.17) is 0 Å². The second-order valence-electron chi connectivity index (χ2n) is 4.64. The first kappa shape index (κ1) is 12.8. The van der Waals surface area contributed by atoms with E-state index in [1.54, 1.807) is 12.1 Å². The van der Waals surface area contributed by atoms with Crippen molar-refractivity contribution in [1.82, 2.24) is 5.32 Å². The maximum atomic E-state index is 9.37. The monoisotopic (exact) mass is 223 g/mol. The molecule has 3 nitrogen and oxygen atoms in total. The summed E-state index contributed by atoms with van der Waals surface area (Å²) in [7, 11) is 0. The normalized spacial score (nSPS) is 13.0. The molecule has 1 aromatic rings. The number of phenolic OH excluding ortho intramolecular Hbond substituents is 2. The van der Waals surface area contributed by atoms with Gasteiger partial charge in [-0.2, -0.15) is 0 Å². The quantitative estimate of drug-likeness (QED) is 0.719. The predicted octanol–water partition coefficient (Wildman–Crippen LogP) is 2.79. The van der Waals surface area contributed by atoms with Gasteiger partial charge in [0.15, 0.2) is 0 Å². The van der Waals surface area contributed by atoms with E-state index >= 15 is 0 Å². The number of aromatic hydroxyl groups is 2. The molecule has 1 rings (SSSR count). The molecule has 0 saturated heterocycles. The highest BCUT2D eigenvalue weighted by Crippen LogP contribution is 2.24. The minimum absolute atomic E-state index is 0.104. The standard InChI is InChI=1S/C13H21NO2/c1-9(2)4-5-14-10(3)11-6-12(15)8-13(16)7-11/h6-10,14-16H,4-5H2,1-3H3. The molecule has 1 unspecified atom stereocenters. The van der Waals surface area contributed by atoms with E-state index < -0.39 is 0 Å². The molecule has 0 aromatic heterocycles. The molecule has 0 bridgehead atoms. The lowest BCUT2D eigenvalue weighted by atomic mass is 10.1. The summed E-state index contributed by atoms with van der Waals surface area (Å²) in [4.78, 5) is 0. The molecular weight excluding hydrogens is 202 g/mol. The van der Waals surface area contributed by atoms with Gasteiger partial charge in [-0.3, -0.25) is 0 Å². The molecule has 0 aliphatic carbocycles. The fourth-order valence-corrected chi connectivity index (χ4v) is 1.57. The van der Waals surface area contributed by atoms with Crippen molar-refractivity contribution in [3.63, 3.8) is 0 Å². The Hall–Kier alpha value is -1.22. The number of benzene rings is 1. The fourth-order valence-electron chi connectivity index (χ4n) is 1.57. The van der Waals surface area contributed by atoms with Crippen LogP contribution in [0.2, 0.25) is 0 Å². The minimum Gasteiger partial charge on any atom is -0.508 e. The molecular formula is C13H21NO2. The number of hydrogen-bond acceptors (Lipinski definition) is 3. The molecule has 1 aromatic carbocycles. The first-order valence-electron chi connectivity index (χ1n) is 5.75. The number of rotatable bonds is 5. The first-order valence-corrected chi connectivity index (χ1v) is 5.75. The summed E-state index contributed by atoms with van der Waals surface area (Å²) in [6.07, 6.45) is 1.12. The zero-order valence-electron chi connectivity index (χ0n) is 10.2. The van der Waals surface area contributed by atoms with E-state index in [9.17, 15) is 10.2 Å². The van der Waals surface area contributed by atoms with Gasteiger partial charge in [0.2, 0.25) is 0 Å². The summed E-state index contributed by atoms with van der Waals surface area (Å²) in [5, 5.41) is 22.1. The molecule has 0 saturated carbocycles. The highest BCUT2D eigenvalue weighted by Gasteiger charge is 2.07. The van der Waals surface area contributed by atoms with E-state index in [0.717, 1.165) is 18.5 Å². The van der Waals surface area contributed by atoms with Crippen molar-refractivity contribution in [1.29, 1.82) is 0 Å². The topological polar surface area (TPSA) is 52.5 Å². The van der Waals surface area contributed by atoms with Gasteiger partial charge < -0.3 is 15.5 Å². The van der Waals surface area contributed by atoms with Crippen molar-refractivity contribution in [2.75, 3.05) is 6.54 Å². The van der Waals surface area contributed by atoms with Gasteiger partial charge in [-0.25, -0.2) is 0 Å². The van der Waals surface area contributed by atoms with Crippen molar-refractivity contribution in [3.8, 4) is 11.5 Å². The molecule has 0 radical (unpaired) electrons. The Morgan fingerprint density at radius 2 is 1.62 bits per heavy atom. The Morgan fingerprint density at radius 1 is 1.06 bits per heavy atom. The van der Waals surface area contributed by atoms with E-state index in [1.165, 1.54) is 6.07 Å². The number of phenols is 2. The lowest BCUT2D eigenvalue weighted by Crippen LogP contribution is -2.20. The smallest absolute Gasteiger partial charge is 0.119 e. The average Bonchev–Trinajstić information content (AvgIpc) is 2.15. The van der Waals surface area contributed by atoms with Crippen molar-refractivity contribution in [3.05, 3.63) is 23.8 Å². The molecule has 0 spiro atoms. The maximum Gasteiger partial charge on any atom is 0.119 e. The van der Waals surface area contributed by atoms with Gasteiger partial charge in [0, 0.05) is 12.1 Å². The van der Waals surface area contributed by atoms with Gasteiger partial charge in [-0.15, -0.1) is 0 Å². The van der Waals surface area contributed by atoms with Gasteiger partial charge in [-0.05, 0) is 43.5 Å². The summed E-state index contributed by atoms with van der Waals surface area (Å²) < 4.78 is 0. The molecule has 3 heteroatoms. The van der Waals surface area contributed by atoms with Crippen LogP contribution < -0.4 is 5.32 Å². The van der Waals surface area contributed by atoms with Crippen molar-refractivity contribution in [2.45, 2.75) is 33.2 Å². The highest BCUT2D eigenvalue weighted by molar-refractivity contribution is 5.37. The highest BCUT2D eigenvalue weighted by atomic mass is 16.3. The molecule has 0 heterocycles. The van der Waals surface area contributed by atoms with Gasteiger partial charge in [0.1, 0.15) is 11.5 Å². The third-order valence-corrected chi connectivity index (χ3v) is 2.60. The summed E-state index contributed by atoms with van der Waals surface area (Å²) >= 11 is 0. The van der Waals surface area contributed by atoms with Crippen molar-refractivity contribution < 1.29 is 10.2 Å². The van der Waals surface area contributed by atoms with Crippen LogP contribution in [0.3, 0.4) is 0 Å². The Balaban J connectivity index is 2.55. The van der Waals surface area contributed by atoms with Crippen LogP contribution in [0.1, 0.15) is 38.8 Å². The van der Waals surface area contributed by atoms with Gasteiger partial charge in [0.05, 0.1) is 0 Å². The first-order chi connectivity index (χ1) is 7.49. The lowest BCUT2D eigenvalue weighted by molar-refractivity contribution is 0.444. The molecule has 0 amide bonds. The van der Waals surface area contributed by atoms with E-state index in [-0.39, 0.29) is 17.5 Å². The van der Waals surface area contributed by atoms with Crippen LogP contribution in [0.15, 0.2) is 18.2 Å². The Morgan fingerprint density at radius 3 is 2.12 bits per heavy atom. The van der Waals surface area contributed by atoms with Crippen LogP contribution >= 0.6 is 0 Å². The Labute approximate surface area is 97.1 Å². The summed E-state index contributed by atoms with van der Waals surface area (Å²) in [5.74, 6) is 0.886. The lowest BCUT2D eigenvalue weighted by Gasteiger charge is -2.15. The van der Waals surface area contributed by atoms with Crippen molar-refractivity contribution >= 4 is 0 Å². The third kappa shape index (κ3) is 4.11. The van der Waals surface area contributed by atoms with Gasteiger partial charge in [-0.1, -0.05) is 13.8 Å². The molecule has 0 aliphatic rings. The zero-order valence-corrected chi connectivity index (χ0v) is 10.2. The molecule has 1 atom stereocenters. The van der Waals surface area contributed by atoms with Crippen LogP contribution in [0.5, 0.6) is 11.5 Å². The van der Waals surface area contributed by atoms with Gasteiger partial charge >= 0.3 is 0 Å². The van der Waals surface area contributed by atoms with E-state index in [0.29, 0.717) is 5.92 Å². The van der Waals surface area contributed by atoms with Crippen molar-refractivity contribution in [2.24, 2.45) is 5.92 Å². The Kier molecular flexibility index (Phi) is 4.62. The maximum absolute atomic E-state index is 9.37. The third-order valence-electron chi connectivity index (χ3n) is 2.60. The van der Waals surface area contributed by atoms with Crippen LogP contribution in [0.4, 0.5) is 0 Å². The zero-order chi connectivity index (χ0) is 12.1. The van der Waals surface area contributed by atoms with E-state index in [2.05, 4.69) is 19.2 Å². The molecule has 90 valence electrons. The SMILES string of the molecule is CC(C)CCNC(C)c1cc(O)cc(O)c1. The average molecular weight is 223 g/mol. The number of hydrogen-bond donors (Lipinski definition) is 3. The summed E-state index contributed by atoms with van der Waals surface area (Å²) in [6, 6.07) is 4.82. The second-order valence-corrected chi connectivity index (χ2v) is 4.64. The van der Waals surface area contributed by atoms with E-state index in [1.807, 2.05) is 6.92 Å². The summed E-state index contributed by atoms with van der Waals surface area (Å²) in [5.41, 5.74) is 0.904. The second kappa shape index (κ2) is 5.75. The molecule has 16 heavy (non-hydrogen) atoms. The van der Waals surface area contributed by atoms with Crippen LogP contribution in [-0.4, -0.2) is 16.8 Å². The largest absolute Gasteiger partial charge is 0.508 e. The molecule has 0 fully saturated rings. The Bertz CT molecular complexity index is 316. The minimum atomic E-state index is 0.104. The van der Waals surface area contributed by atoms with Gasteiger partial charge in [0.25, 0.3) is 0 Å². The van der Waals surface area contributed by atoms with Crippen LogP contribution in [0.25, 0.3) is 0 Å².